The molecule has 0 spiro atoms. The minimum absolute atomic E-state index is 0.0291. The van der Waals surface area contributed by atoms with Gasteiger partial charge in [0.2, 0.25) is 0 Å². The van der Waals surface area contributed by atoms with E-state index >= 15 is 0 Å². The van der Waals surface area contributed by atoms with Crippen LogP contribution in [0, 0.1) is 11.8 Å². The summed E-state index contributed by atoms with van der Waals surface area (Å²) in [7, 11) is 0. The molecule has 1 saturated heterocycles. The van der Waals surface area contributed by atoms with E-state index in [1.165, 1.54) is 10.7 Å². The van der Waals surface area contributed by atoms with E-state index in [1.807, 2.05) is 4.90 Å². The van der Waals surface area contributed by atoms with Gasteiger partial charge >= 0.3 is 5.69 Å². The molecule has 3 aromatic rings. The minimum Gasteiger partial charge on any atom is -0.368 e. The highest BCUT2D eigenvalue weighted by Crippen LogP contribution is 2.55. The van der Waals surface area contributed by atoms with Gasteiger partial charge in [-0.25, -0.2) is 23.1 Å². The normalized spacial score (nSPS) is 21.8. The molecule has 5 rings (SSSR count). The Morgan fingerprint density at radius 1 is 1.27 bits per heavy atom. The maximum absolute atomic E-state index is 13.3. The largest absolute Gasteiger partial charge is 0.368 e. The van der Waals surface area contributed by atoms with Crippen molar-refractivity contribution in [1.82, 2.24) is 24.6 Å². The summed E-state index contributed by atoms with van der Waals surface area (Å²) in [5.41, 5.74) is 0.751. The van der Waals surface area contributed by atoms with Crippen LogP contribution >= 0.6 is 0 Å². The van der Waals surface area contributed by atoms with Gasteiger partial charge in [-0.05, 0) is 6.07 Å². The van der Waals surface area contributed by atoms with E-state index in [9.17, 15) is 18.4 Å². The number of hydrogen-bond donors (Lipinski definition) is 2. The molecule has 0 bridgehead atoms. The van der Waals surface area contributed by atoms with Crippen molar-refractivity contribution in [3.63, 3.8) is 0 Å². The van der Waals surface area contributed by atoms with E-state index in [-0.39, 0.29) is 17.9 Å². The summed E-state index contributed by atoms with van der Waals surface area (Å²) >= 11 is 0. The van der Waals surface area contributed by atoms with E-state index in [1.54, 1.807) is 18.5 Å². The van der Waals surface area contributed by atoms with Crippen LogP contribution in [0.1, 0.15) is 6.42 Å². The predicted molar refractivity (Wildman–Crippen MR) is 88.4 cm³/mol. The highest BCUT2D eigenvalue weighted by Gasteiger charge is 2.62. The second-order valence-electron chi connectivity index (χ2n) is 6.83. The zero-order valence-corrected chi connectivity index (χ0v) is 13.4. The third-order valence-electron chi connectivity index (χ3n) is 5.13. The predicted octanol–water partition coefficient (Wildman–Crippen LogP) is 0.864. The van der Waals surface area contributed by atoms with Gasteiger partial charge in [-0.2, -0.15) is 5.10 Å². The molecule has 10 heteroatoms. The third-order valence-corrected chi connectivity index (χ3v) is 5.13. The number of alkyl halides is 2. The molecule has 1 saturated carbocycles. The molecule has 3 aromatic heterocycles. The Kier molecular flexibility index (Phi) is 2.92. The highest BCUT2D eigenvalue weighted by molar-refractivity contribution is 5.75. The van der Waals surface area contributed by atoms with Crippen molar-refractivity contribution in [2.45, 2.75) is 12.3 Å². The molecule has 1 unspecified atom stereocenters. The number of aromatic nitrogens is 5. The lowest BCUT2D eigenvalue weighted by molar-refractivity contribution is 0.0799. The number of imidazole rings is 1. The number of halogens is 2. The number of H-pyrrole nitrogens is 2. The summed E-state index contributed by atoms with van der Waals surface area (Å²) in [5, 5.41) is 4.35. The van der Waals surface area contributed by atoms with Crippen molar-refractivity contribution in [3.05, 3.63) is 45.5 Å². The first kappa shape index (κ1) is 15.2. The lowest BCUT2D eigenvalue weighted by Crippen LogP contribution is -2.48. The van der Waals surface area contributed by atoms with Crippen LogP contribution in [-0.4, -0.2) is 43.6 Å². The fourth-order valence-electron chi connectivity index (χ4n) is 3.57. The first-order valence-electron chi connectivity index (χ1n) is 8.22. The van der Waals surface area contributed by atoms with Gasteiger partial charge in [-0.3, -0.25) is 9.78 Å². The summed E-state index contributed by atoms with van der Waals surface area (Å²) in [5.74, 6) is -3.09. The van der Waals surface area contributed by atoms with Gasteiger partial charge < -0.3 is 9.88 Å². The summed E-state index contributed by atoms with van der Waals surface area (Å²) < 4.78 is 28.0. The van der Waals surface area contributed by atoms with Crippen molar-refractivity contribution >= 4 is 11.3 Å². The molecule has 8 nitrogen and oxygen atoms in total. The highest BCUT2D eigenvalue weighted by atomic mass is 19.3. The summed E-state index contributed by atoms with van der Waals surface area (Å²) in [6, 6.07) is 1.70. The molecule has 0 aromatic carbocycles. The average Bonchev–Trinajstić information content (AvgIpc) is 2.94. The van der Waals surface area contributed by atoms with Gasteiger partial charge in [0.05, 0.1) is 11.3 Å². The zero-order valence-electron chi connectivity index (χ0n) is 13.4. The lowest BCUT2D eigenvalue weighted by atomic mass is 9.93. The van der Waals surface area contributed by atoms with Crippen molar-refractivity contribution in [2.24, 2.45) is 11.8 Å². The smallest absolute Gasteiger partial charge is 0.325 e. The van der Waals surface area contributed by atoms with Gasteiger partial charge in [-0.15, -0.1) is 0 Å². The SMILES string of the molecule is O=c1[nH]cc(-c2cc(N3CC(C4CC4(F)F)C3)c3nccn3n2)c(=O)[nH]1. The maximum Gasteiger partial charge on any atom is 0.325 e. The molecule has 2 fully saturated rings. The minimum atomic E-state index is -2.52. The van der Waals surface area contributed by atoms with E-state index in [0.717, 1.165) is 5.69 Å². The number of anilines is 1. The quantitative estimate of drug-likeness (QED) is 0.722. The van der Waals surface area contributed by atoms with E-state index in [0.29, 0.717) is 24.4 Å². The van der Waals surface area contributed by atoms with Crippen LogP contribution < -0.4 is 16.1 Å². The topological polar surface area (TPSA) is 99.2 Å². The number of rotatable bonds is 3. The summed E-state index contributed by atoms with van der Waals surface area (Å²) in [6.45, 7) is 1.04. The van der Waals surface area contributed by atoms with Crippen LogP contribution in [0.5, 0.6) is 0 Å². The van der Waals surface area contributed by atoms with Crippen molar-refractivity contribution < 1.29 is 8.78 Å². The molecule has 1 atom stereocenters. The van der Waals surface area contributed by atoms with Gasteiger partial charge in [0.1, 0.15) is 5.69 Å². The first-order chi connectivity index (χ1) is 12.4. The Morgan fingerprint density at radius 3 is 2.73 bits per heavy atom. The fraction of sp³-hybridized carbons (Fsp3) is 0.375. The fourth-order valence-corrected chi connectivity index (χ4v) is 3.57. The number of nitrogens with one attached hydrogen (secondary N) is 2. The Labute approximate surface area is 144 Å². The van der Waals surface area contributed by atoms with Crippen molar-refractivity contribution in [2.75, 3.05) is 18.0 Å². The summed E-state index contributed by atoms with van der Waals surface area (Å²) in [4.78, 5) is 34.1. The van der Waals surface area contributed by atoms with Crippen LogP contribution in [0.15, 0.2) is 34.2 Å². The Balaban J connectivity index is 1.53. The lowest BCUT2D eigenvalue weighted by Gasteiger charge is -2.41. The van der Waals surface area contributed by atoms with E-state index in [4.69, 9.17) is 0 Å². The molecule has 134 valence electrons. The van der Waals surface area contributed by atoms with Gasteiger partial charge in [0.25, 0.3) is 11.5 Å². The monoisotopic (exact) mass is 360 g/mol. The average molecular weight is 360 g/mol. The molecule has 1 aliphatic heterocycles. The van der Waals surface area contributed by atoms with Crippen LogP contribution in [0.4, 0.5) is 14.5 Å². The molecule has 0 amide bonds. The number of aromatic amines is 2. The molecule has 0 radical (unpaired) electrons. The third kappa shape index (κ3) is 2.25. The Hall–Kier alpha value is -3.04. The standard InChI is InChI=1S/C16H14F2N6O2/c17-16(18)4-10(16)8-6-23(7-8)12-3-11(22-24-2-1-19-13(12)24)9-5-20-15(26)21-14(9)25/h1-3,5,8,10H,4,6-7H2,(H2,20,21,25,26). The van der Waals surface area contributed by atoms with Crippen LogP contribution in [0.3, 0.4) is 0 Å². The van der Waals surface area contributed by atoms with Crippen molar-refractivity contribution in [3.8, 4) is 11.3 Å². The molecular weight excluding hydrogens is 346 g/mol. The molecule has 26 heavy (non-hydrogen) atoms. The van der Waals surface area contributed by atoms with E-state index in [2.05, 4.69) is 20.1 Å². The molecule has 4 heterocycles. The van der Waals surface area contributed by atoms with Gasteiger partial charge in [0, 0.05) is 49.9 Å². The molecular formula is C16H14F2N6O2. The number of nitrogens with zero attached hydrogens (tertiary/aromatic N) is 4. The van der Waals surface area contributed by atoms with Crippen LogP contribution in [0.2, 0.25) is 0 Å². The second kappa shape index (κ2) is 4.99. The number of hydrogen-bond acceptors (Lipinski definition) is 5. The molecule has 2 aliphatic rings. The van der Waals surface area contributed by atoms with Crippen molar-refractivity contribution in [1.29, 1.82) is 0 Å². The van der Waals surface area contributed by atoms with Gasteiger partial charge in [-0.1, -0.05) is 0 Å². The molecule has 1 aliphatic carbocycles. The van der Waals surface area contributed by atoms with Crippen LogP contribution in [0.25, 0.3) is 16.9 Å². The van der Waals surface area contributed by atoms with Crippen LogP contribution in [-0.2, 0) is 0 Å². The Morgan fingerprint density at radius 2 is 2.04 bits per heavy atom. The van der Waals surface area contributed by atoms with Gasteiger partial charge in [0.15, 0.2) is 5.65 Å². The Bertz CT molecular complexity index is 1130. The first-order valence-corrected chi connectivity index (χ1v) is 8.22. The second-order valence-corrected chi connectivity index (χ2v) is 6.83. The zero-order chi connectivity index (χ0) is 18.1. The summed E-state index contributed by atoms with van der Waals surface area (Å²) in [6.07, 6.45) is 4.51. The maximum atomic E-state index is 13.3. The van der Waals surface area contributed by atoms with E-state index < -0.39 is 23.1 Å². The molecule has 2 N–H and O–H groups in total. The number of fused-ring (bicyclic) bond motifs is 1.